The largest absolute Gasteiger partial charge is 0.461 e. The number of rotatable bonds is 12. The van der Waals surface area contributed by atoms with Gasteiger partial charge in [-0.15, -0.1) is 6.42 Å². The lowest BCUT2D eigenvalue weighted by Crippen LogP contribution is -2.54. The second-order valence-corrected chi connectivity index (χ2v) is 20.6. The van der Waals surface area contributed by atoms with Crippen molar-refractivity contribution in [1.82, 2.24) is 40.3 Å². The number of anilines is 2. The van der Waals surface area contributed by atoms with E-state index in [1.54, 1.807) is 53.6 Å². The lowest BCUT2D eigenvalue weighted by molar-refractivity contribution is -0.136. The minimum Gasteiger partial charge on any atom is -0.461 e. The van der Waals surface area contributed by atoms with E-state index in [2.05, 4.69) is 43.2 Å². The maximum Gasteiger partial charge on any atom is 0.409 e. The van der Waals surface area contributed by atoms with Crippen LogP contribution in [-0.4, -0.2) is 142 Å². The predicted octanol–water partition coefficient (Wildman–Crippen LogP) is 5.56. The molecular weight excluding hydrogens is 939 g/mol. The third-order valence-corrected chi connectivity index (χ3v) is 15.9. The highest BCUT2D eigenvalue weighted by Crippen LogP contribution is 2.45. The molecule has 0 radical (unpaired) electrons. The van der Waals surface area contributed by atoms with Crippen LogP contribution in [0.2, 0.25) is 0 Å². The molecule has 3 N–H and O–H groups in total. The number of aromatic nitrogens is 3. The number of likely N-dealkylation sites (tertiary alicyclic amines) is 1. The maximum atomic E-state index is 17.2. The zero-order chi connectivity index (χ0) is 50.3. The van der Waals surface area contributed by atoms with Crippen molar-refractivity contribution in [3.63, 3.8) is 0 Å². The Bertz CT molecular complexity index is 3240. The number of hydrogen-bond acceptors (Lipinski definition) is 14. The number of amides is 5. The van der Waals surface area contributed by atoms with E-state index in [0.29, 0.717) is 78.9 Å². The molecule has 17 nitrogen and oxygen atoms in total. The molecule has 5 atom stereocenters. The molecule has 9 heterocycles. The van der Waals surface area contributed by atoms with Gasteiger partial charge >= 0.3 is 12.1 Å². The van der Waals surface area contributed by atoms with E-state index in [4.69, 9.17) is 25.9 Å². The molecular formula is C54H52F2N10O7. The number of ether oxygens (including phenoxy) is 2. The number of halogens is 2. The van der Waals surface area contributed by atoms with Gasteiger partial charge < -0.3 is 29.9 Å². The fourth-order valence-corrected chi connectivity index (χ4v) is 12.3. The summed E-state index contributed by atoms with van der Waals surface area (Å²) in [5.41, 5.74) is 2.04. The average molecular weight is 991 g/mol. The van der Waals surface area contributed by atoms with Crippen LogP contribution in [0, 0.1) is 29.9 Å². The van der Waals surface area contributed by atoms with Crippen molar-refractivity contribution in [1.29, 1.82) is 0 Å². The van der Waals surface area contributed by atoms with Gasteiger partial charge in [-0.25, -0.2) is 13.6 Å². The summed E-state index contributed by atoms with van der Waals surface area (Å²) in [5.74, 6) is -0.258. The van der Waals surface area contributed by atoms with Crippen LogP contribution < -0.4 is 25.6 Å². The molecule has 12 rings (SSSR count). The number of piperazine rings is 1. The molecule has 6 fully saturated rings. The summed E-state index contributed by atoms with van der Waals surface area (Å²) >= 11 is 0. The number of terminal acetylenes is 1. The van der Waals surface area contributed by atoms with Crippen LogP contribution in [0.3, 0.4) is 0 Å². The van der Waals surface area contributed by atoms with Gasteiger partial charge in [-0.3, -0.25) is 39.3 Å². The van der Waals surface area contributed by atoms with Crippen LogP contribution in [0.25, 0.3) is 32.9 Å². The Morgan fingerprint density at radius 1 is 0.959 bits per heavy atom. The smallest absolute Gasteiger partial charge is 0.409 e. The molecule has 7 aliphatic heterocycles. The summed E-state index contributed by atoms with van der Waals surface area (Å²) in [5, 5.41) is 10.7. The molecule has 6 saturated heterocycles. The molecule has 5 amide bonds. The van der Waals surface area contributed by atoms with E-state index in [9.17, 15) is 24.0 Å². The molecule has 3 unspecified atom stereocenters. The van der Waals surface area contributed by atoms with E-state index in [0.717, 1.165) is 42.6 Å². The fourth-order valence-electron chi connectivity index (χ4n) is 12.3. The van der Waals surface area contributed by atoms with Gasteiger partial charge in [-0.2, -0.15) is 9.97 Å². The molecule has 0 aliphatic carbocycles. The fraction of sp³-hybridized carbons (Fsp3) is 0.407. The highest BCUT2D eigenvalue weighted by Gasteiger charge is 2.52. The molecule has 3 aromatic carbocycles. The summed E-state index contributed by atoms with van der Waals surface area (Å²) in [4.78, 5) is 85.1. The normalized spacial score (nSPS) is 24.8. The van der Waals surface area contributed by atoms with Crippen molar-refractivity contribution in [2.45, 2.75) is 81.1 Å². The van der Waals surface area contributed by atoms with Gasteiger partial charge in [-0.1, -0.05) is 42.3 Å². The number of pyridine rings is 1. The third kappa shape index (κ3) is 8.16. The van der Waals surface area contributed by atoms with Crippen molar-refractivity contribution in [3.8, 4) is 29.6 Å². The number of piperidine rings is 1. The summed E-state index contributed by atoms with van der Waals surface area (Å²) in [6.45, 7) is 8.32. The van der Waals surface area contributed by atoms with Gasteiger partial charge in [-0.05, 0) is 80.5 Å². The van der Waals surface area contributed by atoms with Crippen molar-refractivity contribution in [2.24, 2.45) is 5.92 Å². The first-order valence-electron chi connectivity index (χ1n) is 25.0. The summed E-state index contributed by atoms with van der Waals surface area (Å²) in [6.07, 6.45) is 12.1. The summed E-state index contributed by atoms with van der Waals surface area (Å²) < 4.78 is 44.7. The summed E-state index contributed by atoms with van der Waals surface area (Å²) in [7, 11) is 0. The van der Waals surface area contributed by atoms with Crippen LogP contribution in [0.1, 0.15) is 77.6 Å². The number of benzene rings is 3. The topological polar surface area (TPSA) is 192 Å². The number of carbonyl (C=O) groups excluding carboxylic acids is 5. The minimum atomic E-state index is -1.03. The second kappa shape index (κ2) is 18.2. The van der Waals surface area contributed by atoms with E-state index in [1.807, 2.05) is 0 Å². The molecule has 19 heteroatoms. The molecule has 73 heavy (non-hydrogen) atoms. The van der Waals surface area contributed by atoms with E-state index < -0.39 is 46.8 Å². The van der Waals surface area contributed by atoms with Crippen LogP contribution in [0.5, 0.6) is 6.01 Å². The number of nitrogens with one attached hydrogen (secondary N) is 3. The SMILES string of the molecule is C#Cc1c(F)ccc2cccc(-c3ncc4c(N5CC6CCC(C5)N6)nc(OC[C@@]56CC[C@@H](COC(=O)N7CC(CCNc8ccc9c(c8)C(=O)N(C8CCC(=O)NC8=O)C9=O)C7)N5CC(=C)C6)nc4c3F)c12. The Labute approximate surface area is 418 Å². The number of hydrogen-bond donors (Lipinski definition) is 3. The number of nitrogens with zero attached hydrogens (tertiary/aromatic N) is 7. The molecule has 2 bridgehead atoms. The molecule has 0 saturated carbocycles. The number of fused-ring (bicyclic) bond motifs is 6. The number of imide groups is 2. The molecule has 5 aromatic rings. The lowest BCUT2D eigenvalue weighted by Gasteiger charge is -2.39. The Morgan fingerprint density at radius 2 is 1.77 bits per heavy atom. The predicted molar refractivity (Wildman–Crippen MR) is 265 cm³/mol. The highest BCUT2D eigenvalue weighted by atomic mass is 19.1. The first-order chi connectivity index (χ1) is 35.3. The van der Waals surface area contributed by atoms with Gasteiger partial charge in [0.1, 0.15) is 42.1 Å². The van der Waals surface area contributed by atoms with Crippen molar-refractivity contribution in [2.75, 3.05) is 62.7 Å². The van der Waals surface area contributed by atoms with Gasteiger partial charge in [0.25, 0.3) is 11.8 Å². The van der Waals surface area contributed by atoms with Gasteiger partial charge in [0.15, 0.2) is 5.82 Å². The first kappa shape index (κ1) is 46.5. The molecule has 7 aliphatic rings. The second-order valence-electron chi connectivity index (χ2n) is 20.6. The Balaban J connectivity index is 0.687. The Hall–Kier alpha value is -7.56. The lowest BCUT2D eigenvalue weighted by atomic mass is 9.94. The van der Waals surface area contributed by atoms with Gasteiger partial charge in [0, 0.05) is 86.6 Å². The minimum absolute atomic E-state index is 0.0123. The third-order valence-electron chi connectivity index (χ3n) is 15.9. The quantitative estimate of drug-likeness (QED) is 0.0800. The van der Waals surface area contributed by atoms with Crippen LogP contribution in [0.15, 0.2) is 66.9 Å². The van der Waals surface area contributed by atoms with Crippen LogP contribution in [-0.2, 0) is 14.3 Å². The van der Waals surface area contributed by atoms with Crippen molar-refractivity contribution >= 4 is 62.9 Å². The molecule has 0 spiro atoms. The summed E-state index contributed by atoms with van der Waals surface area (Å²) in [6, 6.07) is 12.5. The molecule has 2 aromatic heterocycles. The van der Waals surface area contributed by atoms with Crippen molar-refractivity contribution in [3.05, 3.63) is 95.2 Å². The van der Waals surface area contributed by atoms with Gasteiger partial charge in [0.05, 0.1) is 27.6 Å². The van der Waals surface area contributed by atoms with E-state index in [-0.39, 0.29) is 90.1 Å². The van der Waals surface area contributed by atoms with E-state index in [1.165, 1.54) is 6.07 Å². The monoisotopic (exact) mass is 990 g/mol. The van der Waals surface area contributed by atoms with E-state index >= 15 is 8.78 Å². The Morgan fingerprint density at radius 3 is 2.56 bits per heavy atom. The zero-order valence-electron chi connectivity index (χ0n) is 39.9. The standard InChI is InChI=1S/C54H52F2N10O7/c1-3-36-41(55)12-7-31-5-4-6-38(44(31)36)46-45(56)47-40(21-58-46)48(63-25-33-8-9-34(26-63)59-33)62-52(61-47)73-28-54-17-15-35(65(54)22-29(2)20-54)27-72-53(71)64-23-30(24-64)16-18-57-32-10-11-37-39(19-32)51(70)66(50(37)69)42-13-14-43(67)60-49(42)68/h1,4-7,10-12,19,21,30,33-35,42,57,59H,2,8-9,13-18,20,22-28H2,(H,60,67,68)/t33?,34?,35-,42?,54-/m0/s1. The average Bonchev–Trinajstić information content (AvgIpc) is 4.07. The highest BCUT2D eigenvalue weighted by molar-refractivity contribution is 6.23. The Kier molecular flexibility index (Phi) is 11.6. The van der Waals surface area contributed by atoms with Crippen LogP contribution in [0.4, 0.5) is 25.1 Å². The van der Waals surface area contributed by atoms with Crippen LogP contribution >= 0.6 is 0 Å². The first-order valence-corrected chi connectivity index (χ1v) is 25.0. The molecule has 374 valence electrons. The zero-order valence-corrected chi connectivity index (χ0v) is 39.9. The maximum absolute atomic E-state index is 17.2. The number of carbonyl (C=O) groups is 5. The van der Waals surface area contributed by atoms with Crippen molar-refractivity contribution < 1.29 is 42.2 Å². The van der Waals surface area contributed by atoms with Gasteiger partial charge in [0.2, 0.25) is 11.8 Å².